The van der Waals surface area contributed by atoms with Crippen LogP contribution in [0, 0.1) is 0 Å². The molecule has 1 aliphatic heterocycles. The third-order valence-corrected chi connectivity index (χ3v) is 4.84. The zero-order chi connectivity index (χ0) is 16.8. The molecule has 0 spiro atoms. The summed E-state index contributed by atoms with van der Waals surface area (Å²) in [5, 5.41) is 3.15. The maximum absolute atomic E-state index is 12.8. The Kier molecular flexibility index (Phi) is 5.65. The Bertz CT molecular complexity index is 661. The highest BCUT2D eigenvalue weighted by molar-refractivity contribution is 5.98. The van der Waals surface area contributed by atoms with Crippen LogP contribution in [0.15, 0.2) is 54.6 Å². The van der Waals surface area contributed by atoms with Crippen molar-refractivity contribution in [2.24, 2.45) is 0 Å². The lowest BCUT2D eigenvalue weighted by atomic mass is 10.0. The van der Waals surface area contributed by atoms with Gasteiger partial charge in [-0.05, 0) is 44.5 Å². The molecular weight excluding hydrogens is 296 g/mol. The number of para-hydroxylation sites is 1. The highest BCUT2D eigenvalue weighted by atomic mass is 16.2. The molecule has 24 heavy (non-hydrogen) atoms. The largest absolute Gasteiger partial charge is 0.324 e. The molecule has 1 heterocycles. The number of nitrogens with one attached hydrogen (secondary N) is 1. The van der Waals surface area contributed by atoms with Crippen molar-refractivity contribution in [1.82, 2.24) is 4.90 Å². The molecule has 126 valence electrons. The minimum atomic E-state index is -0.0908. The first-order chi connectivity index (χ1) is 11.8. The minimum absolute atomic E-state index is 0.0836. The van der Waals surface area contributed by atoms with Crippen LogP contribution in [0.5, 0.6) is 0 Å². The Morgan fingerprint density at radius 3 is 2.25 bits per heavy atom. The van der Waals surface area contributed by atoms with Gasteiger partial charge in [-0.2, -0.15) is 0 Å². The molecule has 0 saturated carbocycles. The van der Waals surface area contributed by atoms with Gasteiger partial charge in [0.05, 0.1) is 6.04 Å². The van der Waals surface area contributed by atoms with E-state index in [-0.39, 0.29) is 11.9 Å². The van der Waals surface area contributed by atoms with Crippen molar-refractivity contribution in [3.05, 3.63) is 54.6 Å². The average Bonchev–Trinajstić information content (AvgIpc) is 2.91. The maximum Gasteiger partial charge on any atom is 0.241 e. The summed E-state index contributed by atoms with van der Waals surface area (Å²) in [4.78, 5) is 15.1. The van der Waals surface area contributed by atoms with Gasteiger partial charge in [0.2, 0.25) is 5.91 Å². The average molecular weight is 322 g/mol. The number of likely N-dealkylation sites (tertiary alicyclic amines) is 1. The molecule has 3 rings (SSSR count). The van der Waals surface area contributed by atoms with Crippen molar-refractivity contribution in [1.29, 1.82) is 0 Å². The molecule has 3 nitrogen and oxygen atoms in total. The van der Waals surface area contributed by atoms with E-state index in [1.807, 2.05) is 43.3 Å². The van der Waals surface area contributed by atoms with Crippen molar-refractivity contribution in [2.45, 2.75) is 38.6 Å². The lowest BCUT2D eigenvalue weighted by Gasteiger charge is -2.27. The van der Waals surface area contributed by atoms with Crippen LogP contribution in [-0.2, 0) is 4.79 Å². The summed E-state index contributed by atoms with van der Waals surface area (Å²) in [7, 11) is 0. The van der Waals surface area contributed by atoms with Gasteiger partial charge in [-0.25, -0.2) is 0 Å². The summed E-state index contributed by atoms with van der Waals surface area (Å²) in [6, 6.07) is 18.1. The van der Waals surface area contributed by atoms with Crippen molar-refractivity contribution < 1.29 is 4.79 Å². The van der Waals surface area contributed by atoms with Gasteiger partial charge in [0.25, 0.3) is 0 Å². The van der Waals surface area contributed by atoms with E-state index >= 15 is 0 Å². The van der Waals surface area contributed by atoms with Crippen LogP contribution in [-0.4, -0.2) is 29.9 Å². The molecular formula is C21H26N2O. The Hall–Kier alpha value is -2.13. The molecule has 0 unspecified atom stereocenters. The highest BCUT2D eigenvalue weighted by Gasteiger charge is 2.22. The summed E-state index contributed by atoms with van der Waals surface area (Å²) in [6.45, 7) is 4.07. The minimum Gasteiger partial charge on any atom is -0.324 e. The fourth-order valence-electron chi connectivity index (χ4n) is 3.35. The quantitative estimate of drug-likeness (QED) is 0.895. The van der Waals surface area contributed by atoms with Crippen molar-refractivity contribution >= 4 is 11.6 Å². The Morgan fingerprint density at radius 1 is 0.917 bits per heavy atom. The second kappa shape index (κ2) is 8.11. The van der Waals surface area contributed by atoms with Crippen molar-refractivity contribution in [3.8, 4) is 11.1 Å². The number of nitrogens with zero attached hydrogens (tertiary/aromatic N) is 1. The third-order valence-electron chi connectivity index (χ3n) is 4.84. The van der Waals surface area contributed by atoms with Crippen LogP contribution in [0.2, 0.25) is 0 Å². The monoisotopic (exact) mass is 322 g/mol. The lowest BCUT2D eigenvalue weighted by molar-refractivity contribution is -0.120. The first kappa shape index (κ1) is 16.7. The summed E-state index contributed by atoms with van der Waals surface area (Å²) in [5.74, 6) is 0.0836. The van der Waals surface area contributed by atoms with Crippen LogP contribution in [0.1, 0.15) is 32.6 Å². The topological polar surface area (TPSA) is 32.3 Å². The molecule has 0 bridgehead atoms. The van der Waals surface area contributed by atoms with Gasteiger partial charge < -0.3 is 5.32 Å². The van der Waals surface area contributed by atoms with E-state index in [9.17, 15) is 4.79 Å². The highest BCUT2D eigenvalue weighted by Crippen LogP contribution is 2.27. The standard InChI is InChI=1S/C21H26N2O/c1-17(23-15-9-2-3-10-16-23)21(24)22-20-14-8-7-13-19(20)18-11-5-4-6-12-18/h4-8,11-14,17H,2-3,9-10,15-16H2,1H3,(H,22,24)/t17-/m1/s1. The number of carbonyl (C=O) groups excluding carboxylic acids is 1. The summed E-state index contributed by atoms with van der Waals surface area (Å²) >= 11 is 0. The second-order valence-corrected chi connectivity index (χ2v) is 6.53. The normalized spacial score (nSPS) is 17.0. The molecule has 0 aromatic heterocycles. The van der Waals surface area contributed by atoms with Gasteiger partial charge in [0.1, 0.15) is 0 Å². The fraction of sp³-hybridized carbons (Fsp3) is 0.381. The van der Waals surface area contributed by atoms with E-state index < -0.39 is 0 Å². The van der Waals surface area contributed by atoms with Crippen LogP contribution >= 0.6 is 0 Å². The fourth-order valence-corrected chi connectivity index (χ4v) is 3.35. The summed E-state index contributed by atoms with van der Waals surface area (Å²) in [6.07, 6.45) is 4.94. The number of benzene rings is 2. The number of hydrogen-bond acceptors (Lipinski definition) is 2. The van der Waals surface area contributed by atoms with Gasteiger partial charge in [-0.1, -0.05) is 61.4 Å². The van der Waals surface area contributed by atoms with Crippen LogP contribution in [0.3, 0.4) is 0 Å². The predicted octanol–water partition coefficient (Wildman–Crippen LogP) is 4.56. The van der Waals surface area contributed by atoms with Crippen LogP contribution in [0.25, 0.3) is 11.1 Å². The van der Waals surface area contributed by atoms with E-state index in [0.717, 1.165) is 29.9 Å². The zero-order valence-electron chi connectivity index (χ0n) is 14.4. The SMILES string of the molecule is C[C@H](C(=O)Nc1ccccc1-c1ccccc1)N1CCCCCC1. The van der Waals surface area contributed by atoms with Crippen molar-refractivity contribution in [3.63, 3.8) is 0 Å². The molecule has 2 aromatic rings. The smallest absolute Gasteiger partial charge is 0.241 e. The molecule has 1 amide bonds. The molecule has 0 aliphatic carbocycles. The first-order valence-electron chi connectivity index (χ1n) is 8.95. The van der Waals surface area contributed by atoms with E-state index in [4.69, 9.17) is 0 Å². The van der Waals surface area contributed by atoms with Gasteiger partial charge in [0, 0.05) is 11.3 Å². The zero-order valence-corrected chi connectivity index (χ0v) is 14.4. The Morgan fingerprint density at radius 2 is 1.54 bits per heavy atom. The number of carbonyl (C=O) groups is 1. The number of hydrogen-bond donors (Lipinski definition) is 1. The lowest BCUT2D eigenvalue weighted by Crippen LogP contribution is -2.42. The molecule has 1 atom stereocenters. The van der Waals surface area contributed by atoms with E-state index in [1.54, 1.807) is 0 Å². The number of amides is 1. The molecule has 1 saturated heterocycles. The van der Waals surface area contributed by atoms with E-state index in [2.05, 4.69) is 28.4 Å². The third kappa shape index (κ3) is 4.04. The Labute approximate surface area is 144 Å². The Balaban J connectivity index is 1.75. The molecule has 0 radical (unpaired) electrons. The van der Waals surface area contributed by atoms with Crippen LogP contribution in [0.4, 0.5) is 5.69 Å². The summed E-state index contributed by atoms with van der Waals surface area (Å²) < 4.78 is 0. The van der Waals surface area contributed by atoms with Crippen LogP contribution < -0.4 is 5.32 Å². The van der Waals surface area contributed by atoms with E-state index in [1.165, 1.54) is 25.7 Å². The molecule has 2 aromatic carbocycles. The molecule has 1 N–H and O–H groups in total. The second-order valence-electron chi connectivity index (χ2n) is 6.53. The predicted molar refractivity (Wildman–Crippen MR) is 100 cm³/mol. The van der Waals surface area contributed by atoms with Gasteiger partial charge in [-0.15, -0.1) is 0 Å². The maximum atomic E-state index is 12.8. The van der Waals surface area contributed by atoms with Gasteiger partial charge >= 0.3 is 0 Å². The van der Waals surface area contributed by atoms with Gasteiger partial charge in [-0.3, -0.25) is 9.69 Å². The molecule has 1 fully saturated rings. The number of anilines is 1. The van der Waals surface area contributed by atoms with Crippen molar-refractivity contribution in [2.75, 3.05) is 18.4 Å². The van der Waals surface area contributed by atoms with E-state index in [0.29, 0.717) is 0 Å². The molecule has 1 aliphatic rings. The first-order valence-corrected chi connectivity index (χ1v) is 8.95. The molecule has 3 heteroatoms. The van der Waals surface area contributed by atoms with Gasteiger partial charge in [0.15, 0.2) is 0 Å². The number of rotatable bonds is 4. The summed E-state index contributed by atoms with van der Waals surface area (Å²) in [5.41, 5.74) is 3.07.